The third-order valence-electron chi connectivity index (χ3n) is 6.68. The fourth-order valence-corrected chi connectivity index (χ4v) is 5.02. The van der Waals surface area contributed by atoms with Gasteiger partial charge in [0.25, 0.3) is 0 Å². The lowest BCUT2D eigenvalue weighted by Gasteiger charge is -2.38. The van der Waals surface area contributed by atoms with Gasteiger partial charge in [-0.3, -0.25) is 5.01 Å². The Hall–Kier alpha value is -1.98. The van der Waals surface area contributed by atoms with Gasteiger partial charge in [0.1, 0.15) is 6.23 Å². The van der Waals surface area contributed by atoms with E-state index in [-0.39, 0.29) is 12.3 Å². The Morgan fingerprint density at radius 2 is 2.11 bits per heavy atom. The number of nitrogens with one attached hydrogen (secondary N) is 3. The van der Waals surface area contributed by atoms with E-state index in [1.54, 1.807) is 5.57 Å². The van der Waals surface area contributed by atoms with Crippen LogP contribution in [-0.2, 0) is 4.74 Å². The van der Waals surface area contributed by atoms with E-state index in [1.807, 2.05) is 7.05 Å². The topological polar surface area (TPSA) is 52.3 Å². The molecule has 1 saturated heterocycles. The van der Waals surface area contributed by atoms with Crippen molar-refractivity contribution in [2.45, 2.75) is 64.6 Å². The highest BCUT2D eigenvalue weighted by Crippen LogP contribution is 2.48. The zero-order valence-electron chi connectivity index (χ0n) is 17.3. The van der Waals surface area contributed by atoms with E-state index >= 15 is 0 Å². The highest BCUT2D eigenvalue weighted by atomic mass is 16.5. The maximum absolute atomic E-state index is 6.16. The smallest absolute Gasteiger partial charge is 0.143 e. The van der Waals surface area contributed by atoms with Crippen LogP contribution in [0.2, 0.25) is 0 Å². The Morgan fingerprint density at radius 3 is 2.89 bits per heavy atom. The summed E-state index contributed by atoms with van der Waals surface area (Å²) >= 11 is 0. The first-order valence-electron chi connectivity index (χ1n) is 10.7. The average molecular weight is 381 g/mol. The van der Waals surface area contributed by atoms with Gasteiger partial charge >= 0.3 is 0 Å². The molecule has 1 aromatic heterocycles. The van der Waals surface area contributed by atoms with E-state index < -0.39 is 0 Å². The van der Waals surface area contributed by atoms with Crippen LogP contribution in [0.15, 0.2) is 35.5 Å². The highest BCUT2D eigenvalue weighted by molar-refractivity contribution is 5.84. The lowest BCUT2D eigenvalue weighted by atomic mass is 9.75. The number of fused-ring (bicyclic) bond motifs is 1. The molecule has 0 spiro atoms. The van der Waals surface area contributed by atoms with Crippen LogP contribution in [0, 0.1) is 5.41 Å². The Kier molecular flexibility index (Phi) is 4.40. The number of rotatable bonds is 3. The number of hydrazine groups is 1. The summed E-state index contributed by atoms with van der Waals surface area (Å²) in [6.45, 7) is 5.66. The van der Waals surface area contributed by atoms with Crippen molar-refractivity contribution in [3.8, 4) is 0 Å². The van der Waals surface area contributed by atoms with Gasteiger partial charge in [-0.1, -0.05) is 19.9 Å². The summed E-state index contributed by atoms with van der Waals surface area (Å²) in [5.74, 6) is 0. The van der Waals surface area contributed by atoms with Crippen molar-refractivity contribution >= 4 is 16.6 Å². The third kappa shape index (κ3) is 3.11. The zero-order chi connectivity index (χ0) is 19.3. The number of nitrogens with zero attached hydrogens (tertiary/aromatic N) is 1. The summed E-state index contributed by atoms with van der Waals surface area (Å²) in [6, 6.07) is 9.05. The molecule has 3 aliphatic rings. The molecule has 2 unspecified atom stereocenters. The molecule has 2 atom stereocenters. The second-order valence-electron chi connectivity index (χ2n) is 9.34. The van der Waals surface area contributed by atoms with Gasteiger partial charge < -0.3 is 15.0 Å². The fourth-order valence-electron chi connectivity index (χ4n) is 5.02. The van der Waals surface area contributed by atoms with Crippen molar-refractivity contribution in [1.82, 2.24) is 15.4 Å². The monoisotopic (exact) mass is 380 g/mol. The minimum atomic E-state index is 0.165. The highest BCUT2D eigenvalue weighted by Gasteiger charge is 2.42. The summed E-state index contributed by atoms with van der Waals surface area (Å²) in [4.78, 5) is 3.69. The Morgan fingerprint density at radius 1 is 1.21 bits per heavy atom. The van der Waals surface area contributed by atoms with E-state index in [4.69, 9.17) is 4.74 Å². The van der Waals surface area contributed by atoms with Gasteiger partial charge in [0.2, 0.25) is 0 Å². The number of hydrogen-bond acceptors (Lipinski definition) is 4. The summed E-state index contributed by atoms with van der Waals surface area (Å²) in [7, 11) is 1.96. The van der Waals surface area contributed by atoms with Crippen molar-refractivity contribution in [1.29, 1.82) is 0 Å². The molecule has 5 heteroatoms. The Labute approximate surface area is 167 Å². The molecule has 2 aromatic rings. The lowest BCUT2D eigenvalue weighted by molar-refractivity contribution is -0.0916. The van der Waals surface area contributed by atoms with E-state index in [9.17, 15) is 0 Å². The second kappa shape index (κ2) is 6.82. The van der Waals surface area contributed by atoms with Crippen LogP contribution < -0.4 is 10.7 Å². The first-order valence-corrected chi connectivity index (χ1v) is 10.7. The first-order chi connectivity index (χ1) is 13.5. The molecule has 0 amide bonds. The molecule has 5 nitrogen and oxygen atoms in total. The molecular formula is C23H32N4O. The third-order valence-corrected chi connectivity index (χ3v) is 6.68. The number of ether oxygens (including phenoxy) is 1. The van der Waals surface area contributed by atoms with E-state index in [2.05, 4.69) is 58.8 Å². The van der Waals surface area contributed by atoms with Crippen LogP contribution in [-0.4, -0.2) is 29.9 Å². The minimum Gasteiger partial charge on any atom is -0.388 e. The summed E-state index contributed by atoms with van der Waals surface area (Å²) in [5.41, 5.74) is 10.8. The lowest BCUT2D eigenvalue weighted by Crippen LogP contribution is -2.45. The molecule has 1 aliphatic carbocycles. The maximum atomic E-state index is 6.16. The average Bonchev–Trinajstić information content (AvgIpc) is 3.28. The molecular weight excluding hydrogens is 348 g/mol. The molecule has 5 rings (SSSR count). The fraction of sp³-hybridized carbons (Fsp3) is 0.565. The summed E-state index contributed by atoms with van der Waals surface area (Å²) < 4.78 is 6.16. The van der Waals surface area contributed by atoms with Gasteiger partial charge in [0.05, 0.1) is 6.04 Å². The molecule has 1 aromatic carbocycles. The van der Waals surface area contributed by atoms with Crippen LogP contribution in [0.5, 0.6) is 0 Å². The van der Waals surface area contributed by atoms with Crippen LogP contribution >= 0.6 is 0 Å². The molecule has 3 N–H and O–H groups in total. The number of anilines is 1. The van der Waals surface area contributed by atoms with Crippen molar-refractivity contribution < 1.29 is 4.74 Å². The molecule has 2 aliphatic heterocycles. The number of hydrogen-bond donors (Lipinski definition) is 3. The number of H-pyrrole nitrogens is 1. The van der Waals surface area contributed by atoms with Crippen LogP contribution in [0.3, 0.4) is 0 Å². The van der Waals surface area contributed by atoms with E-state index in [0.717, 1.165) is 31.6 Å². The normalized spacial score (nSPS) is 27.3. The molecule has 0 saturated carbocycles. The molecule has 28 heavy (non-hydrogen) atoms. The van der Waals surface area contributed by atoms with E-state index in [1.165, 1.54) is 41.6 Å². The zero-order valence-corrected chi connectivity index (χ0v) is 17.3. The quantitative estimate of drug-likeness (QED) is 0.696. The summed E-state index contributed by atoms with van der Waals surface area (Å²) in [5, 5.41) is 6.88. The number of allylic oxidation sites excluding steroid dienone is 1. The number of aromatic amines is 1. The SMILES string of the molecule is CNc1ccc2cc(C3NN(C4CCCCO4)C4=C3CCC(C)(C)C4)[nH]c2c1. The van der Waals surface area contributed by atoms with Gasteiger partial charge in [-0.2, -0.15) is 0 Å². The van der Waals surface area contributed by atoms with Gasteiger partial charge in [0.15, 0.2) is 0 Å². The standard InChI is InChI=1S/C23H32N4O/c1-23(2)10-9-17-20(14-23)27(21-6-4-5-11-28-21)26-22(17)19-12-15-7-8-16(24-3)13-18(15)25-19/h7-8,12-13,21-22,24-26H,4-6,9-11,14H2,1-3H3. The van der Waals surface area contributed by atoms with Crippen molar-refractivity contribution in [3.63, 3.8) is 0 Å². The molecule has 3 heterocycles. The Balaban J connectivity index is 1.51. The Bertz CT molecular complexity index is 906. The largest absolute Gasteiger partial charge is 0.388 e. The molecule has 0 radical (unpaired) electrons. The van der Waals surface area contributed by atoms with Gasteiger partial charge in [-0.15, -0.1) is 0 Å². The van der Waals surface area contributed by atoms with Gasteiger partial charge in [0, 0.05) is 36.2 Å². The maximum Gasteiger partial charge on any atom is 0.143 e. The van der Waals surface area contributed by atoms with Gasteiger partial charge in [-0.25, -0.2) is 5.43 Å². The second-order valence-corrected chi connectivity index (χ2v) is 9.34. The van der Waals surface area contributed by atoms with Crippen molar-refractivity contribution in [3.05, 3.63) is 41.2 Å². The first kappa shape index (κ1) is 18.1. The number of benzene rings is 1. The van der Waals surface area contributed by atoms with Crippen LogP contribution in [0.25, 0.3) is 10.9 Å². The number of aromatic nitrogens is 1. The van der Waals surface area contributed by atoms with Crippen molar-refractivity contribution in [2.24, 2.45) is 5.41 Å². The van der Waals surface area contributed by atoms with E-state index in [0.29, 0.717) is 5.41 Å². The predicted octanol–water partition coefficient (Wildman–Crippen LogP) is 5.06. The summed E-state index contributed by atoms with van der Waals surface area (Å²) in [6.07, 6.45) is 7.22. The van der Waals surface area contributed by atoms with Crippen LogP contribution in [0.4, 0.5) is 5.69 Å². The van der Waals surface area contributed by atoms with Crippen LogP contribution in [0.1, 0.15) is 64.1 Å². The predicted molar refractivity (Wildman–Crippen MR) is 114 cm³/mol. The molecule has 0 bridgehead atoms. The molecule has 1 fully saturated rings. The van der Waals surface area contributed by atoms with Gasteiger partial charge in [-0.05, 0) is 73.1 Å². The molecule has 150 valence electrons. The minimum absolute atomic E-state index is 0.165. The van der Waals surface area contributed by atoms with Crippen molar-refractivity contribution in [2.75, 3.05) is 19.0 Å².